The summed E-state index contributed by atoms with van der Waals surface area (Å²) in [6, 6.07) is 2.12. The van der Waals surface area contributed by atoms with Gasteiger partial charge >= 0.3 is 0 Å². The highest BCUT2D eigenvalue weighted by molar-refractivity contribution is 5.95. The number of carbonyl (C=O) groups is 1. The standard InChI is InChI=1S/C14H16N2O4/c17-11-6-10(7-12(18)13(11)19)14(20)16-15-8-9-4-2-1-3-5-9/h1-2,6-9,17-19H,3-5H2,(H,16,20)/b15-8-/t9-/m1/s1. The van der Waals surface area contributed by atoms with Gasteiger partial charge in [0.1, 0.15) is 0 Å². The van der Waals surface area contributed by atoms with Crippen LogP contribution in [0.25, 0.3) is 0 Å². The molecule has 0 saturated carbocycles. The van der Waals surface area contributed by atoms with Crippen molar-refractivity contribution in [3.8, 4) is 17.2 Å². The molecule has 2 rings (SSSR count). The number of allylic oxidation sites excluding steroid dienone is 2. The first kappa shape index (κ1) is 13.9. The van der Waals surface area contributed by atoms with Crippen molar-refractivity contribution in [3.63, 3.8) is 0 Å². The summed E-state index contributed by atoms with van der Waals surface area (Å²) in [5.41, 5.74) is 2.34. The Morgan fingerprint density at radius 2 is 1.95 bits per heavy atom. The number of hydrogen-bond acceptors (Lipinski definition) is 5. The lowest BCUT2D eigenvalue weighted by Crippen LogP contribution is -2.18. The number of carbonyl (C=O) groups excluding carboxylic acids is 1. The third-order valence-corrected chi connectivity index (χ3v) is 3.09. The highest BCUT2D eigenvalue weighted by Gasteiger charge is 2.13. The molecule has 0 heterocycles. The molecule has 4 N–H and O–H groups in total. The van der Waals surface area contributed by atoms with E-state index in [0.29, 0.717) is 5.92 Å². The summed E-state index contributed by atoms with van der Waals surface area (Å²) in [4.78, 5) is 11.8. The van der Waals surface area contributed by atoms with Crippen molar-refractivity contribution >= 4 is 12.1 Å². The Morgan fingerprint density at radius 1 is 1.25 bits per heavy atom. The number of phenolic OH excluding ortho intramolecular Hbond substituents is 3. The molecule has 0 aliphatic heterocycles. The molecule has 1 aliphatic carbocycles. The quantitative estimate of drug-likeness (QED) is 0.293. The van der Waals surface area contributed by atoms with E-state index in [-0.39, 0.29) is 5.56 Å². The molecule has 1 aliphatic rings. The third kappa shape index (κ3) is 3.28. The molecule has 20 heavy (non-hydrogen) atoms. The minimum atomic E-state index is -0.654. The van der Waals surface area contributed by atoms with Gasteiger partial charge in [0.2, 0.25) is 0 Å². The molecule has 6 heteroatoms. The number of rotatable bonds is 3. The largest absolute Gasteiger partial charge is 0.504 e. The van der Waals surface area contributed by atoms with E-state index in [4.69, 9.17) is 0 Å². The van der Waals surface area contributed by atoms with Gasteiger partial charge in [0.25, 0.3) is 5.91 Å². The van der Waals surface area contributed by atoms with Crippen LogP contribution in [0.2, 0.25) is 0 Å². The number of benzene rings is 1. The average molecular weight is 276 g/mol. The van der Waals surface area contributed by atoms with Crippen molar-refractivity contribution in [1.29, 1.82) is 0 Å². The highest BCUT2D eigenvalue weighted by Crippen LogP contribution is 2.35. The topological polar surface area (TPSA) is 102 Å². The number of phenols is 3. The Kier molecular flexibility index (Phi) is 4.24. The lowest BCUT2D eigenvalue weighted by Gasteiger charge is -2.11. The molecule has 0 unspecified atom stereocenters. The van der Waals surface area contributed by atoms with Crippen molar-refractivity contribution in [2.24, 2.45) is 11.0 Å². The molecule has 0 aromatic heterocycles. The normalized spacial score (nSPS) is 18.3. The molecule has 0 fully saturated rings. The van der Waals surface area contributed by atoms with Crippen molar-refractivity contribution < 1.29 is 20.1 Å². The van der Waals surface area contributed by atoms with E-state index < -0.39 is 23.2 Å². The zero-order chi connectivity index (χ0) is 14.5. The zero-order valence-corrected chi connectivity index (χ0v) is 10.8. The summed E-state index contributed by atoms with van der Waals surface area (Å²) in [7, 11) is 0. The first-order valence-electron chi connectivity index (χ1n) is 6.31. The van der Waals surface area contributed by atoms with Crippen LogP contribution >= 0.6 is 0 Å². The van der Waals surface area contributed by atoms with E-state index >= 15 is 0 Å². The number of nitrogens with one attached hydrogen (secondary N) is 1. The van der Waals surface area contributed by atoms with E-state index in [0.717, 1.165) is 31.4 Å². The van der Waals surface area contributed by atoms with Gasteiger partial charge in [-0.3, -0.25) is 4.79 Å². The Labute approximate surface area is 116 Å². The molecule has 106 valence electrons. The molecule has 1 aromatic carbocycles. The fraction of sp³-hybridized carbons (Fsp3) is 0.286. The molecule has 1 amide bonds. The van der Waals surface area contributed by atoms with Crippen LogP contribution in [-0.2, 0) is 0 Å². The Bertz CT molecular complexity index is 543. The van der Waals surface area contributed by atoms with E-state index in [2.05, 4.69) is 22.7 Å². The van der Waals surface area contributed by atoms with Crippen LogP contribution < -0.4 is 5.43 Å². The van der Waals surface area contributed by atoms with Crippen LogP contribution in [0.15, 0.2) is 29.4 Å². The number of hydrogen-bond donors (Lipinski definition) is 4. The average Bonchev–Trinajstić information content (AvgIpc) is 2.45. The molecule has 6 nitrogen and oxygen atoms in total. The molecule has 0 radical (unpaired) electrons. The van der Waals surface area contributed by atoms with Gasteiger partial charge in [-0.2, -0.15) is 5.10 Å². The second-order valence-corrected chi connectivity index (χ2v) is 4.63. The van der Waals surface area contributed by atoms with Gasteiger partial charge in [-0.15, -0.1) is 0 Å². The lowest BCUT2D eigenvalue weighted by molar-refractivity contribution is 0.0954. The summed E-state index contributed by atoms with van der Waals surface area (Å²) in [6.45, 7) is 0. The van der Waals surface area contributed by atoms with Gasteiger partial charge in [-0.1, -0.05) is 12.2 Å². The second kappa shape index (κ2) is 6.10. The van der Waals surface area contributed by atoms with Crippen molar-refractivity contribution in [2.45, 2.75) is 19.3 Å². The second-order valence-electron chi connectivity index (χ2n) is 4.63. The van der Waals surface area contributed by atoms with E-state index in [1.165, 1.54) is 0 Å². The van der Waals surface area contributed by atoms with Gasteiger partial charge in [0, 0.05) is 11.8 Å². The summed E-state index contributed by atoms with van der Waals surface area (Å²) < 4.78 is 0. The maximum Gasteiger partial charge on any atom is 0.271 e. The number of hydrazone groups is 1. The van der Waals surface area contributed by atoms with Crippen LogP contribution in [0.4, 0.5) is 0 Å². The van der Waals surface area contributed by atoms with Crippen molar-refractivity contribution in [3.05, 3.63) is 29.8 Å². The number of amides is 1. The minimum Gasteiger partial charge on any atom is -0.504 e. The Hall–Kier alpha value is -2.50. The molecule has 0 saturated heterocycles. The SMILES string of the molecule is O=C(N/N=C\[C@@H]1CC=CCC1)c1cc(O)c(O)c(O)c1. The number of aromatic hydroxyl groups is 3. The third-order valence-electron chi connectivity index (χ3n) is 3.09. The minimum absolute atomic E-state index is 0.0125. The summed E-state index contributed by atoms with van der Waals surface area (Å²) in [5.74, 6) is -2.03. The Balaban J connectivity index is 1.98. The smallest absolute Gasteiger partial charge is 0.271 e. The highest BCUT2D eigenvalue weighted by atomic mass is 16.3. The van der Waals surface area contributed by atoms with Gasteiger partial charge in [0.15, 0.2) is 17.2 Å². The molecule has 1 atom stereocenters. The molecule has 0 bridgehead atoms. The van der Waals surface area contributed by atoms with Crippen LogP contribution in [0.3, 0.4) is 0 Å². The van der Waals surface area contributed by atoms with Crippen LogP contribution in [0.5, 0.6) is 17.2 Å². The predicted octanol–water partition coefficient (Wildman–Crippen LogP) is 1.88. The van der Waals surface area contributed by atoms with Gasteiger partial charge < -0.3 is 15.3 Å². The first-order chi connectivity index (χ1) is 9.58. The number of nitrogens with zero attached hydrogens (tertiary/aromatic N) is 1. The molecular weight excluding hydrogens is 260 g/mol. The van der Waals surface area contributed by atoms with E-state index in [1.807, 2.05) is 0 Å². The molecule has 1 aromatic rings. The predicted molar refractivity (Wildman–Crippen MR) is 73.9 cm³/mol. The summed E-state index contributed by atoms with van der Waals surface area (Å²) in [6.07, 6.45) is 8.78. The summed E-state index contributed by atoms with van der Waals surface area (Å²) in [5, 5.41) is 31.7. The molecule has 0 spiro atoms. The van der Waals surface area contributed by atoms with Crippen LogP contribution in [-0.4, -0.2) is 27.4 Å². The van der Waals surface area contributed by atoms with Gasteiger partial charge in [-0.05, 0) is 37.3 Å². The maximum absolute atomic E-state index is 11.8. The lowest BCUT2D eigenvalue weighted by atomic mass is 9.96. The Morgan fingerprint density at radius 3 is 2.55 bits per heavy atom. The van der Waals surface area contributed by atoms with Gasteiger partial charge in [-0.25, -0.2) is 5.43 Å². The van der Waals surface area contributed by atoms with E-state index in [9.17, 15) is 20.1 Å². The molecular formula is C14H16N2O4. The first-order valence-corrected chi connectivity index (χ1v) is 6.31. The monoisotopic (exact) mass is 276 g/mol. The van der Waals surface area contributed by atoms with Crippen molar-refractivity contribution in [1.82, 2.24) is 5.43 Å². The van der Waals surface area contributed by atoms with Crippen molar-refractivity contribution in [2.75, 3.05) is 0 Å². The summed E-state index contributed by atoms with van der Waals surface area (Å²) >= 11 is 0. The van der Waals surface area contributed by atoms with E-state index in [1.54, 1.807) is 6.21 Å². The fourth-order valence-electron chi connectivity index (χ4n) is 1.95. The zero-order valence-electron chi connectivity index (χ0n) is 10.8. The van der Waals surface area contributed by atoms with Crippen LogP contribution in [0.1, 0.15) is 29.6 Å². The van der Waals surface area contributed by atoms with Gasteiger partial charge in [0.05, 0.1) is 0 Å². The fourth-order valence-corrected chi connectivity index (χ4v) is 1.95. The van der Waals surface area contributed by atoms with Crippen LogP contribution in [0, 0.1) is 5.92 Å². The maximum atomic E-state index is 11.8.